The minimum atomic E-state index is 0. The number of fused-ring (bicyclic) bond motifs is 1. The Morgan fingerprint density at radius 2 is 1.76 bits per heavy atom. The third-order valence-corrected chi connectivity index (χ3v) is 5.20. The normalized spacial score (nSPS) is 14.6. The van der Waals surface area contributed by atoms with E-state index < -0.39 is 0 Å². The molecular weight excluding hydrogens is 379 g/mol. The highest BCUT2D eigenvalue weighted by atomic mass is 35.5. The van der Waals surface area contributed by atoms with Gasteiger partial charge < -0.3 is 9.88 Å². The van der Waals surface area contributed by atoms with E-state index in [0.717, 1.165) is 47.0 Å². The van der Waals surface area contributed by atoms with Crippen molar-refractivity contribution in [3.8, 4) is 11.3 Å². The number of H-pyrrole nitrogens is 1. The fourth-order valence-electron chi connectivity index (χ4n) is 3.26. The van der Waals surface area contributed by atoms with Crippen LogP contribution in [0.4, 0.5) is 5.82 Å². The molecule has 3 aromatic rings. The lowest BCUT2D eigenvalue weighted by molar-refractivity contribution is 0.574. The van der Waals surface area contributed by atoms with Gasteiger partial charge in [0.2, 0.25) is 0 Å². The molecule has 0 spiro atoms. The van der Waals surface area contributed by atoms with Crippen LogP contribution in [0.15, 0.2) is 24.3 Å². The van der Waals surface area contributed by atoms with E-state index in [1.165, 1.54) is 19.3 Å². The molecule has 25 heavy (non-hydrogen) atoms. The van der Waals surface area contributed by atoms with Gasteiger partial charge in [0.25, 0.3) is 0 Å². The molecule has 4 nitrogen and oxygen atoms in total. The zero-order valence-corrected chi connectivity index (χ0v) is 16.2. The SMILES string of the molecule is Cc1nc(N2CCCCC2)c2[nH]c(-c3ccc(Cl)c(Cl)c3)cc2n1.Cl. The minimum Gasteiger partial charge on any atom is -0.355 e. The van der Waals surface area contributed by atoms with Gasteiger partial charge in [-0.3, -0.25) is 0 Å². The first-order chi connectivity index (χ1) is 11.6. The highest BCUT2D eigenvalue weighted by Gasteiger charge is 2.18. The van der Waals surface area contributed by atoms with Crippen LogP contribution in [-0.2, 0) is 0 Å². The van der Waals surface area contributed by atoms with E-state index in [-0.39, 0.29) is 12.4 Å². The largest absolute Gasteiger partial charge is 0.355 e. The Kier molecular flexibility index (Phi) is 5.42. The molecule has 4 rings (SSSR count). The number of benzene rings is 1. The number of aromatic amines is 1. The highest BCUT2D eigenvalue weighted by Crippen LogP contribution is 2.32. The van der Waals surface area contributed by atoms with Gasteiger partial charge in [-0.1, -0.05) is 29.3 Å². The number of halogens is 3. The molecule has 0 bridgehead atoms. The van der Waals surface area contributed by atoms with Gasteiger partial charge in [0.05, 0.1) is 15.6 Å². The lowest BCUT2D eigenvalue weighted by Crippen LogP contribution is -2.30. The summed E-state index contributed by atoms with van der Waals surface area (Å²) in [5, 5.41) is 1.10. The molecular formula is C18H19Cl3N4. The molecule has 0 amide bonds. The van der Waals surface area contributed by atoms with Crippen molar-refractivity contribution in [2.45, 2.75) is 26.2 Å². The van der Waals surface area contributed by atoms with Crippen molar-refractivity contribution in [1.82, 2.24) is 15.0 Å². The van der Waals surface area contributed by atoms with Crippen LogP contribution in [0.3, 0.4) is 0 Å². The number of hydrogen-bond acceptors (Lipinski definition) is 3. The van der Waals surface area contributed by atoms with Gasteiger partial charge in [0.15, 0.2) is 5.82 Å². The average Bonchev–Trinajstić information content (AvgIpc) is 3.01. The van der Waals surface area contributed by atoms with E-state index in [1.807, 2.05) is 25.1 Å². The molecule has 1 fully saturated rings. The van der Waals surface area contributed by atoms with Gasteiger partial charge in [-0.25, -0.2) is 9.97 Å². The Balaban J connectivity index is 0.00000182. The van der Waals surface area contributed by atoms with Crippen molar-refractivity contribution in [2.24, 2.45) is 0 Å². The number of nitrogens with zero attached hydrogens (tertiary/aromatic N) is 3. The minimum absolute atomic E-state index is 0. The third kappa shape index (κ3) is 3.57. The number of aryl methyl sites for hydroxylation is 1. The van der Waals surface area contributed by atoms with Crippen molar-refractivity contribution in [1.29, 1.82) is 0 Å². The van der Waals surface area contributed by atoms with Crippen molar-refractivity contribution in [2.75, 3.05) is 18.0 Å². The molecule has 3 heterocycles. The first kappa shape index (κ1) is 18.3. The van der Waals surface area contributed by atoms with Crippen LogP contribution in [0.1, 0.15) is 25.1 Å². The van der Waals surface area contributed by atoms with Gasteiger partial charge in [0, 0.05) is 18.8 Å². The van der Waals surface area contributed by atoms with E-state index in [9.17, 15) is 0 Å². The number of rotatable bonds is 2. The molecule has 0 aliphatic carbocycles. The molecule has 2 aromatic heterocycles. The summed E-state index contributed by atoms with van der Waals surface area (Å²) in [4.78, 5) is 15.1. The van der Waals surface area contributed by atoms with Crippen LogP contribution in [0.2, 0.25) is 10.0 Å². The quantitative estimate of drug-likeness (QED) is 0.607. The van der Waals surface area contributed by atoms with E-state index in [4.69, 9.17) is 28.2 Å². The molecule has 1 aromatic carbocycles. The molecule has 1 N–H and O–H groups in total. The second-order valence-corrected chi connectivity index (χ2v) is 7.03. The topological polar surface area (TPSA) is 44.8 Å². The summed E-state index contributed by atoms with van der Waals surface area (Å²) in [6.45, 7) is 4.04. The molecule has 132 valence electrons. The average molecular weight is 398 g/mol. The maximum atomic E-state index is 6.16. The number of aromatic nitrogens is 3. The summed E-state index contributed by atoms with van der Waals surface area (Å²) < 4.78 is 0. The van der Waals surface area contributed by atoms with Crippen molar-refractivity contribution in [3.05, 3.63) is 40.1 Å². The zero-order valence-electron chi connectivity index (χ0n) is 13.9. The summed E-state index contributed by atoms with van der Waals surface area (Å²) in [5.41, 5.74) is 3.89. The Labute approximate surface area is 163 Å². The van der Waals surface area contributed by atoms with Crippen LogP contribution >= 0.6 is 35.6 Å². The second kappa shape index (κ2) is 7.40. The van der Waals surface area contributed by atoms with Crippen LogP contribution in [-0.4, -0.2) is 28.0 Å². The van der Waals surface area contributed by atoms with Crippen molar-refractivity contribution < 1.29 is 0 Å². The van der Waals surface area contributed by atoms with Crippen molar-refractivity contribution >= 4 is 52.5 Å². The molecule has 1 aliphatic heterocycles. The maximum Gasteiger partial charge on any atom is 0.156 e. The van der Waals surface area contributed by atoms with E-state index in [1.54, 1.807) is 0 Å². The first-order valence-electron chi connectivity index (χ1n) is 8.19. The maximum absolute atomic E-state index is 6.16. The van der Waals surface area contributed by atoms with Crippen LogP contribution < -0.4 is 4.90 Å². The number of hydrogen-bond donors (Lipinski definition) is 1. The fraction of sp³-hybridized carbons (Fsp3) is 0.333. The summed E-state index contributed by atoms with van der Waals surface area (Å²) in [6, 6.07) is 7.69. The third-order valence-electron chi connectivity index (χ3n) is 4.46. The lowest BCUT2D eigenvalue weighted by atomic mass is 10.1. The van der Waals surface area contributed by atoms with Gasteiger partial charge in [-0.2, -0.15) is 0 Å². The smallest absolute Gasteiger partial charge is 0.156 e. The Morgan fingerprint density at radius 1 is 1.00 bits per heavy atom. The molecule has 1 saturated heterocycles. The number of piperidine rings is 1. The van der Waals surface area contributed by atoms with Gasteiger partial charge in [0.1, 0.15) is 11.3 Å². The Bertz CT molecular complexity index is 901. The molecule has 0 radical (unpaired) electrons. The Hall–Kier alpha value is -1.49. The van der Waals surface area contributed by atoms with Gasteiger partial charge in [-0.05, 0) is 49.9 Å². The predicted molar refractivity (Wildman–Crippen MR) is 107 cm³/mol. The van der Waals surface area contributed by atoms with Gasteiger partial charge in [-0.15, -0.1) is 12.4 Å². The monoisotopic (exact) mass is 396 g/mol. The van der Waals surface area contributed by atoms with E-state index in [0.29, 0.717) is 10.0 Å². The van der Waals surface area contributed by atoms with E-state index in [2.05, 4.69) is 20.9 Å². The highest BCUT2D eigenvalue weighted by molar-refractivity contribution is 6.42. The summed E-state index contributed by atoms with van der Waals surface area (Å²) in [7, 11) is 0. The van der Waals surface area contributed by atoms with Gasteiger partial charge >= 0.3 is 0 Å². The van der Waals surface area contributed by atoms with Crippen LogP contribution in [0.5, 0.6) is 0 Å². The van der Waals surface area contributed by atoms with Crippen LogP contribution in [0, 0.1) is 6.92 Å². The number of anilines is 1. The molecule has 0 saturated carbocycles. The zero-order chi connectivity index (χ0) is 16.7. The number of nitrogens with one attached hydrogen (secondary N) is 1. The standard InChI is InChI=1S/C18H18Cl2N4.ClH/c1-11-21-16-10-15(12-5-6-13(19)14(20)9-12)23-17(16)18(22-11)24-7-3-2-4-8-24;/h5-6,9-10,23H,2-4,7-8H2,1H3;1H. The lowest BCUT2D eigenvalue weighted by Gasteiger charge is -2.28. The Morgan fingerprint density at radius 3 is 2.48 bits per heavy atom. The fourth-order valence-corrected chi connectivity index (χ4v) is 3.56. The van der Waals surface area contributed by atoms with E-state index >= 15 is 0 Å². The van der Waals surface area contributed by atoms with Crippen LogP contribution in [0.25, 0.3) is 22.3 Å². The molecule has 7 heteroatoms. The predicted octanol–water partition coefficient (Wildman–Crippen LogP) is 5.65. The molecule has 1 aliphatic rings. The van der Waals surface area contributed by atoms with Crippen molar-refractivity contribution in [3.63, 3.8) is 0 Å². The molecule has 0 unspecified atom stereocenters. The molecule has 0 atom stereocenters. The summed E-state index contributed by atoms with van der Waals surface area (Å²) in [6.07, 6.45) is 3.72. The summed E-state index contributed by atoms with van der Waals surface area (Å²) >= 11 is 12.2. The first-order valence-corrected chi connectivity index (χ1v) is 8.95. The summed E-state index contributed by atoms with van der Waals surface area (Å²) in [5.74, 6) is 1.80. The second-order valence-electron chi connectivity index (χ2n) is 6.21.